The Balaban J connectivity index is 2.30. The number of aromatic nitrogens is 1. The topological polar surface area (TPSA) is 55.5 Å². The van der Waals surface area contributed by atoms with E-state index in [0.29, 0.717) is 24.2 Å². The molecule has 0 fully saturated rings. The van der Waals surface area contributed by atoms with Crippen LogP contribution in [0.15, 0.2) is 9.64 Å². The van der Waals surface area contributed by atoms with E-state index >= 15 is 0 Å². The maximum atomic E-state index is 9.50. The average Bonchev–Trinajstić information content (AvgIpc) is 2.52. The zero-order valence-corrected chi connectivity index (χ0v) is 10.1. The zero-order chi connectivity index (χ0) is 11.3. The van der Waals surface area contributed by atoms with Gasteiger partial charge in [0.25, 0.3) is 5.22 Å². The number of nitrogens with zero attached hydrogens (tertiary/aromatic N) is 1. The van der Waals surface area contributed by atoms with Crippen LogP contribution in [0.5, 0.6) is 0 Å². The molecule has 0 amide bonds. The maximum absolute atomic E-state index is 9.50. The van der Waals surface area contributed by atoms with Gasteiger partial charge in [-0.25, -0.2) is 4.98 Å². The second kappa shape index (κ2) is 6.15. The molecule has 4 nitrogen and oxygen atoms in total. The minimum absolute atomic E-state index is 0.363. The molecule has 0 spiro atoms. The fourth-order valence-corrected chi connectivity index (χ4v) is 1.79. The van der Waals surface area contributed by atoms with E-state index in [2.05, 4.69) is 4.98 Å². The van der Waals surface area contributed by atoms with E-state index in [4.69, 9.17) is 9.15 Å². The van der Waals surface area contributed by atoms with E-state index in [1.807, 2.05) is 20.8 Å². The van der Waals surface area contributed by atoms with Crippen molar-refractivity contribution in [3.05, 3.63) is 11.5 Å². The fraction of sp³-hybridized carbons (Fsp3) is 0.700. The van der Waals surface area contributed by atoms with Gasteiger partial charge < -0.3 is 14.3 Å². The van der Waals surface area contributed by atoms with Crippen LogP contribution in [0.25, 0.3) is 0 Å². The highest BCUT2D eigenvalue weighted by atomic mass is 32.2. The molecule has 1 heterocycles. The van der Waals surface area contributed by atoms with Gasteiger partial charge in [-0.15, -0.1) is 0 Å². The number of ether oxygens (including phenoxy) is 1. The predicted octanol–water partition coefficient (Wildman–Crippen LogP) is 1.78. The molecule has 15 heavy (non-hydrogen) atoms. The lowest BCUT2D eigenvalue weighted by Gasteiger charge is -2.07. The van der Waals surface area contributed by atoms with Crippen LogP contribution in [0.4, 0.5) is 0 Å². The van der Waals surface area contributed by atoms with Crippen molar-refractivity contribution < 1.29 is 14.3 Å². The number of rotatable bonds is 6. The number of thioether (sulfide) groups is 1. The highest BCUT2D eigenvalue weighted by Crippen LogP contribution is 2.20. The van der Waals surface area contributed by atoms with Crippen molar-refractivity contribution in [2.45, 2.75) is 32.1 Å². The summed E-state index contributed by atoms with van der Waals surface area (Å²) in [5.74, 6) is 1.37. The summed E-state index contributed by atoms with van der Waals surface area (Å²) in [6.45, 7) is 6.67. The molecular weight excluding hydrogens is 214 g/mol. The molecule has 0 aliphatic heterocycles. The van der Waals surface area contributed by atoms with Gasteiger partial charge in [-0.3, -0.25) is 0 Å². The molecule has 0 aliphatic rings. The van der Waals surface area contributed by atoms with E-state index < -0.39 is 6.10 Å². The van der Waals surface area contributed by atoms with Crippen LogP contribution in [-0.2, 0) is 4.74 Å². The number of hydrogen-bond donors (Lipinski definition) is 1. The second-order valence-electron chi connectivity index (χ2n) is 3.25. The third-order valence-electron chi connectivity index (χ3n) is 1.92. The van der Waals surface area contributed by atoms with Crippen LogP contribution >= 0.6 is 11.8 Å². The van der Waals surface area contributed by atoms with Crippen molar-refractivity contribution in [3.8, 4) is 0 Å². The summed E-state index contributed by atoms with van der Waals surface area (Å²) in [4.78, 5) is 4.21. The monoisotopic (exact) mass is 231 g/mol. The Morgan fingerprint density at radius 2 is 2.27 bits per heavy atom. The van der Waals surface area contributed by atoms with Crippen LogP contribution in [0.2, 0.25) is 0 Å². The van der Waals surface area contributed by atoms with Crippen molar-refractivity contribution in [2.24, 2.45) is 0 Å². The Bertz CT molecular complexity index is 281. The van der Waals surface area contributed by atoms with Gasteiger partial charge >= 0.3 is 0 Å². The van der Waals surface area contributed by atoms with Gasteiger partial charge in [-0.05, 0) is 20.8 Å². The first-order chi connectivity index (χ1) is 7.13. The summed E-state index contributed by atoms with van der Waals surface area (Å²) in [6, 6.07) is 0. The fourth-order valence-electron chi connectivity index (χ4n) is 0.975. The maximum Gasteiger partial charge on any atom is 0.256 e. The smallest absolute Gasteiger partial charge is 0.256 e. The molecule has 1 unspecified atom stereocenters. The third-order valence-corrected chi connectivity index (χ3v) is 2.90. The largest absolute Gasteiger partial charge is 0.437 e. The number of aryl methyl sites for hydroxylation is 2. The Kier molecular flexibility index (Phi) is 5.14. The van der Waals surface area contributed by atoms with E-state index in [1.54, 1.807) is 0 Å². The van der Waals surface area contributed by atoms with Crippen molar-refractivity contribution in [2.75, 3.05) is 19.0 Å². The number of aliphatic hydroxyl groups is 1. The van der Waals surface area contributed by atoms with Crippen molar-refractivity contribution >= 4 is 11.8 Å². The lowest BCUT2D eigenvalue weighted by Crippen LogP contribution is -2.17. The first-order valence-electron chi connectivity index (χ1n) is 4.96. The summed E-state index contributed by atoms with van der Waals surface area (Å²) in [5.41, 5.74) is 0.900. The van der Waals surface area contributed by atoms with Gasteiger partial charge in [-0.1, -0.05) is 11.8 Å². The Morgan fingerprint density at radius 1 is 1.53 bits per heavy atom. The molecule has 0 radical (unpaired) electrons. The SMILES string of the molecule is CCOCC(O)CSc1nc(C)c(C)o1. The summed E-state index contributed by atoms with van der Waals surface area (Å²) in [6.07, 6.45) is -0.470. The van der Waals surface area contributed by atoms with Crippen LogP contribution in [-0.4, -0.2) is 35.2 Å². The minimum Gasteiger partial charge on any atom is -0.437 e. The molecule has 0 aliphatic carbocycles. The van der Waals surface area contributed by atoms with E-state index in [1.165, 1.54) is 11.8 Å². The average molecular weight is 231 g/mol. The highest BCUT2D eigenvalue weighted by Gasteiger charge is 2.09. The van der Waals surface area contributed by atoms with Gasteiger partial charge in [0, 0.05) is 12.4 Å². The van der Waals surface area contributed by atoms with E-state index in [-0.39, 0.29) is 0 Å². The van der Waals surface area contributed by atoms with Gasteiger partial charge in [0.15, 0.2) is 0 Å². The van der Waals surface area contributed by atoms with E-state index in [9.17, 15) is 5.11 Å². The van der Waals surface area contributed by atoms with Crippen LogP contribution in [0, 0.1) is 13.8 Å². The molecule has 1 aromatic rings. The van der Waals surface area contributed by atoms with Crippen molar-refractivity contribution in [3.63, 3.8) is 0 Å². The van der Waals surface area contributed by atoms with E-state index in [0.717, 1.165) is 11.5 Å². The standard InChI is InChI=1S/C10H17NO3S/c1-4-13-5-9(12)6-15-10-11-7(2)8(3)14-10/h9,12H,4-6H2,1-3H3. The van der Waals surface area contributed by atoms with Crippen LogP contribution < -0.4 is 0 Å². The molecule has 0 bridgehead atoms. The number of aliphatic hydroxyl groups excluding tert-OH is 1. The molecule has 0 saturated carbocycles. The summed E-state index contributed by atoms with van der Waals surface area (Å²) >= 11 is 1.41. The number of hydrogen-bond acceptors (Lipinski definition) is 5. The van der Waals surface area contributed by atoms with Crippen LogP contribution in [0.3, 0.4) is 0 Å². The first kappa shape index (κ1) is 12.5. The lowest BCUT2D eigenvalue weighted by atomic mass is 10.4. The third kappa shape index (κ3) is 4.24. The molecule has 1 rings (SSSR count). The Labute approximate surface area is 94.0 Å². The van der Waals surface area contributed by atoms with Gasteiger partial charge in [-0.2, -0.15) is 0 Å². The second-order valence-corrected chi connectivity index (χ2v) is 4.22. The highest BCUT2D eigenvalue weighted by molar-refractivity contribution is 7.99. The summed E-state index contributed by atoms with van der Waals surface area (Å²) in [7, 11) is 0. The first-order valence-corrected chi connectivity index (χ1v) is 5.94. The number of oxazole rings is 1. The van der Waals surface area contributed by atoms with Crippen molar-refractivity contribution in [1.29, 1.82) is 0 Å². The van der Waals surface area contributed by atoms with Crippen molar-refractivity contribution in [1.82, 2.24) is 4.98 Å². The van der Waals surface area contributed by atoms with Crippen LogP contribution in [0.1, 0.15) is 18.4 Å². The predicted molar refractivity (Wildman–Crippen MR) is 59.2 cm³/mol. The Hall–Kier alpha value is -0.520. The molecule has 5 heteroatoms. The lowest BCUT2D eigenvalue weighted by molar-refractivity contribution is 0.0550. The molecule has 86 valence electrons. The molecule has 1 N–H and O–H groups in total. The van der Waals surface area contributed by atoms with Gasteiger partial charge in [0.05, 0.1) is 18.4 Å². The molecule has 1 aromatic heterocycles. The molecular formula is C10H17NO3S. The molecule has 0 aromatic carbocycles. The summed E-state index contributed by atoms with van der Waals surface area (Å²) < 4.78 is 10.5. The minimum atomic E-state index is -0.470. The van der Waals surface area contributed by atoms with Gasteiger partial charge in [0.1, 0.15) is 5.76 Å². The normalized spacial score (nSPS) is 13.1. The molecule has 0 saturated heterocycles. The summed E-state index contributed by atoms with van der Waals surface area (Å²) in [5, 5.41) is 10.1. The quantitative estimate of drug-likeness (QED) is 0.756. The zero-order valence-electron chi connectivity index (χ0n) is 9.32. The molecule has 1 atom stereocenters. The Morgan fingerprint density at radius 3 is 2.80 bits per heavy atom. The van der Waals surface area contributed by atoms with Gasteiger partial charge in [0.2, 0.25) is 0 Å².